The van der Waals surface area contributed by atoms with Gasteiger partial charge in [-0.15, -0.1) is 0 Å². The summed E-state index contributed by atoms with van der Waals surface area (Å²) in [4.78, 5) is 36.3. The molecule has 3 aromatic carbocycles. The molecule has 168 valence electrons. The molecule has 3 aromatic rings. The number of anilines is 1. The van der Waals surface area contributed by atoms with E-state index in [-0.39, 0.29) is 5.75 Å². The third-order valence-corrected chi connectivity index (χ3v) is 4.54. The molecule has 8 nitrogen and oxygen atoms in total. The summed E-state index contributed by atoms with van der Waals surface area (Å²) < 4.78 is 10.7. The highest BCUT2D eigenvalue weighted by molar-refractivity contribution is 6.39. The van der Waals surface area contributed by atoms with Crippen LogP contribution >= 0.6 is 0 Å². The molecule has 0 saturated heterocycles. The second-order valence-corrected chi connectivity index (χ2v) is 7.19. The largest absolute Gasteiger partial charge is 0.493 e. The van der Waals surface area contributed by atoms with Gasteiger partial charge in [0.15, 0.2) is 11.5 Å². The monoisotopic (exact) mass is 445 g/mol. The Balaban J connectivity index is 1.60. The van der Waals surface area contributed by atoms with Crippen LogP contribution in [0, 0.1) is 13.8 Å². The zero-order chi connectivity index (χ0) is 23.8. The van der Waals surface area contributed by atoms with E-state index >= 15 is 0 Å². The highest BCUT2D eigenvalue weighted by Crippen LogP contribution is 2.28. The summed E-state index contributed by atoms with van der Waals surface area (Å²) in [6.45, 7) is 3.80. The Hall–Kier alpha value is -4.46. The number of carbonyl (C=O) groups excluding carboxylic acids is 3. The Kier molecular flexibility index (Phi) is 7.54. The summed E-state index contributed by atoms with van der Waals surface area (Å²) in [6.07, 6.45) is 1.34. The molecule has 0 aliphatic rings. The van der Waals surface area contributed by atoms with Crippen molar-refractivity contribution in [1.82, 2.24) is 5.43 Å². The lowest BCUT2D eigenvalue weighted by Gasteiger charge is -2.10. The van der Waals surface area contributed by atoms with Crippen LogP contribution in [0.3, 0.4) is 0 Å². The van der Waals surface area contributed by atoms with Gasteiger partial charge < -0.3 is 14.8 Å². The Morgan fingerprint density at radius 2 is 1.61 bits per heavy atom. The summed E-state index contributed by atoms with van der Waals surface area (Å²) in [5.41, 5.74) is 5.63. The molecule has 2 N–H and O–H groups in total. The average Bonchev–Trinajstić information content (AvgIpc) is 2.81. The Morgan fingerprint density at radius 3 is 2.30 bits per heavy atom. The number of carbonyl (C=O) groups is 3. The molecule has 0 spiro atoms. The molecule has 0 fully saturated rings. The number of nitrogens with one attached hydrogen (secondary N) is 2. The van der Waals surface area contributed by atoms with Gasteiger partial charge in [-0.1, -0.05) is 35.4 Å². The fourth-order valence-corrected chi connectivity index (χ4v) is 2.82. The zero-order valence-corrected chi connectivity index (χ0v) is 18.4. The molecule has 2 amide bonds. The van der Waals surface area contributed by atoms with Gasteiger partial charge in [0.2, 0.25) is 0 Å². The van der Waals surface area contributed by atoms with Crippen LogP contribution < -0.4 is 20.2 Å². The first-order valence-electron chi connectivity index (χ1n) is 10.0. The molecule has 0 atom stereocenters. The standard InChI is InChI=1S/C25H23N3O5/c1-16-7-10-20(11-8-16)27-23(29)24(30)28-26-15-18-9-12-21(22(14-18)32-3)33-25(31)19-6-4-5-17(2)13-19/h4-15H,1-3H3,(H,27,29)(H,28,30)/b26-15+. The first kappa shape index (κ1) is 23.2. The first-order chi connectivity index (χ1) is 15.9. The molecular weight excluding hydrogens is 422 g/mol. The van der Waals surface area contributed by atoms with E-state index < -0.39 is 17.8 Å². The quantitative estimate of drug-likeness (QED) is 0.198. The van der Waals surface area contributed by atoms with Crippen molar-refractivity contribution in [2.75, 3.05) is 12.4 Å². The van der Waals surface area contributed by atoms with Gasteiger partial charge in [0.05, 0.1) is 18.9 Å². The van der Waals surface area contributed by atoms with Gasteiger partial charge in [0.25, 0.3) is 0 Å². The van der Waals surface area contributed by atoms with Gasteiger partial charge in [0.1, 0.15) is 0 Å². The lowest BCUT2D eigenvalue weighted by Crippen LogP contribution is -2.32. The second-order valence-electron chi connectivity index (χ2n) is 7.19. The molecule has 33 heavy (non-hydrogen) atoms. The van der Waals surface area contributed by atoms with E-state index in [4.69, 9.17) is 9.47 Å². The number of aryl methyl sites for hydroxylation is 2. The molecule has 0 saturated carbocycles. The molecule has 8 heteroatoms. The van der Waals surface area contributed by atoms with Crippen LogP contribution in [-0.4, -0.2) is 31.1 Å². The van der Waals surface area contributed by atoms with E-state index in [0.29, 0.717) is 22.6 Å². The molecule has 0 aliphatic carbocycles. The molecule has 0 heterocycles. The number of amides is 2. The number of esters is 1. The molecular formula is C25H23N3O5. The summed E-state index contributed by atoms with van der Waals surface area (Å²) in [7, 11) is 1.44. The predicted octanol–water partition coefficient (Wildman–Crippen LogP) is 3.62. The van der Waals surface area contributed by atoms with Crippen LogP contribution in [0.15, 0.2) is 71.8 Å². The smallest absolute Gasteiger partial charge is 0.343 e. The number of hydrazone groups is 1. The van der Waals surface area contributed by atoms with E-state index in [1.54, 1.807) is 48.5 Å². The average molecular weight is 445 g/mol. The lowest BCUT2D eigenvalue weighted by molar-refractivity contribution is -0.136. The number of rotatable bonds is 6. The topological polar surface area (TPSA) is 106 Å². The van der Waals surface area contributed by atoms with Crippen LogP contribution in [-0.2, 0) is 9.59 Å². The maximum absolute atomic E-state index is 12.4. The van der Waals surface area contributed by atoms with Crippen LogP contribution in [0.4, 0.5) is 5.69 Å². The second kappa shape index (κ2) is 10.7. The van der Waals surface area contributed by atoms with Crippen LogP contribution in [0.2, 0.25) is 0 Å². The summed E-state index contributed by atoms with van der Waals surface area (Å²) in [5, 5.41) is 6.28. The van der Waals surface area contributed by atoms with E-state index in [1.807, 2.05) is 32.0 Å². The molecule has 0 radical (unpaired) electrons. The van der Waals surface area contributed by atoms with Crippen molar-refractivity contribution < 1.29 is 23.9 Å². The highest BCUT2D eigenvalue weighted by atomic mass is 16.6. The Labute approximate surface area is 191 Å². The SMILES string of the molecule is COc1cc(/C=N/NC(=O)C(=O)Nc2ccc(C)cc2)ccc1OC(=O)c1cccc(C)c1. The molecule has 0 unspecified atom stereocenters. The fourth-order valence-electron chi connectivity index (χ4n) is 2.82. The molecule has 0 aliphatic heterocycles. The maximum atomic E-state index is 12.4. The van der Waals surface area contributed by atoms with Crippen LogP contribution in [0.1, 0.15) is 27.0 Å². The summed E-state index contributed by atoms with van der Waals surface area (Å²) in [6, 6.07) is 18.9. The molecule has 0 aromatic heterocycles. The van der Waals surface area contributed by atoms with Gasteiger partial charge in [-0.3, -0.25) is 9.59 Å². The van der Waals surface area contributed by atoms with Crippen molar-refractivity contribution in [2.45, 2.75) is 13.8 Å². The number of hydrogen-bond acceptors (Lipinski definition) is 6. The number of nitrogens with zero attached hydrogens (tertiary/aromatic N) is 1. The van der Waals surface area contributed by atoms with Gasteiger partial charge in [-0.2, -0.15) is 5.10 Å². The predicted molar refractivity (Wildman–Crippen MR) is 125 cm³/mol. The number of hydrogen-bond donors (Lipinski definition) is 2. The Bertz CT molecular complexity index is 1200. The van der Waals surface area contributed by atoms with Crippen molar-refractivity contribution in [2.24, 2.45) is 5.10 Å². The maximum Gasteiger partial charge on any atom is 0.343 e. The van der Waals surface area contributed by atoms with E-state index in [9.17, 15) is 14.4 Å². The van der Waals surface area contributed by atoms with Crippen molar-refractivity contribution in [3.05, 3.63) is 89.0 Å². The number of benzene rings is 3. The van der Waals surface area contributed by atoms with E-state index in [2.05, 4.69) is 15.8 Å². The normalized spacial score (nSPS) is 10.5. The number of methoxy groups -OCH3 is 1. The van der Waals surface area contributed by atoms with Crippen molar-refractivity contribution in [3.8, 4) is 11.5 Å². The van der Waals surface area contributed by atoms with Gasteiger partial charge in [0, 0.05) is 5.69 Å². The minimum atomic E-state index is -0.914. The zero-order valence-electron chi connectivity index (χ0n) is 18.4. The fraction of sp³-hybridized carbons (Fsp3) is 0.120. The number of ether oxygens (including phenoxy) is 2. The van der Waals surface area contributed by atoms with Gasteiger partial charge in [-0.05, 0) is 61.9 Å². The van der Waals surface area contributed by atoms with Gasteiger partial charge >= 0.3 is 17.8 Å². The van der Waals surface area contributed by atoms with Crippen LogP contribution in [0.5, 0.6) is 11.5 Å². The van der Waals surface area contributed by atoms with Crippen molar-refractivity contribution in [1.29, 1.82) is 0 Å². The summed E-state index contributed by atoms with van der Waals surface area (Å²) in [5.74, 6) is -1.72. The lowest BCUT2D eigenvalue weighted by atomic mass is 10.1. The third-order valence-electron chi connectivity index (χ3n) is 4.54. The summed E-state index contributed by atoms with van der Waals surface area (Å²) >= 11 is 0. The molecule has 3 rings (SSSR count). The van der Waals surface area contributed by atoms with Crippen molar-refractivity contribution in [3.63, 3.8) is 0 Å². The minimum absolute atomic E-state index is 0.239. The van der Waals surface area contributed by atoms with Crippen molar-refractivity contribution >= 4 is 29.7 Å². The van der Waals surface area contributed by atoms with Gasteiger partial charge in [-0.25, -0.2) is 10.2 Å². The third kappa shape index (κ3) is 6.51. The van der Waals surface area contributed by atoms with E-state index in [1.165, 1.54) is 13.3 Å². The van der Waals surface area contributed by atoms with Crippen LogP contribution in [0.25, 0.3) is 0 Å². The Morgan fingerprint density at radius 1 is 0.848 bits per heavy atom. The first-order valence-corrected chi connectivity index (χ1v) is 10.0. The highest BCUT2D eigenvalue weighted by Gasteiger charge is 2.14. The molecule has 0 bridgehead atoms. The van der Waals surface area contributed by atoms with E-state index in [0.717, 1.165) is 11.1 Å². The minimum Gasteiger partial charge on any atom is -0.493 e.